The van der Waals surface area contributed by atoms with E-state index < -0.39 is 0 Å². The SMILES string of the molecule is C#Cc1ccc(C)c(C#N)c1. The second kappa shape index (κ2) is 2.90. The summed E-state index contributed by atoms with van der Waals surface area (Å²) in [5, 5.41) is 8.62. The van der Waals surface area contributed by atoms with E-state index in [2.05, 4.69) is 12.0 Å². The van der Waals surface area contributed by atoms with E-state index in [4.69, 9.17) is 11.7 Å². The van der Waals surface area contributed by atoms with Crippen LogP contribution < -0.4 is 0 Å². The lowest BCUT2D eigenvalue weighted by Crippen LogP contribution is -1.82. The Kier molecular flexibility index (Phi) is 1.95. The monoisotopic (exact) mass is 141 g/mol. The second-order valence-corrected chi connectivity index (χ2v) is 2.29. The Morgan fingerprint density at radius 2 is 2.18 bits per heavy atom. The Morgan fingerprint density at radius 1 is 1.45 bits per heavy atom. The number of hydrogen-bond acceptors (Lipinski definition) is 1. The van der Waals surface area contributed by atoms with Gasteiger partial charge in [0.15, 0.2) is 0 Å². The second-order valence-electron chi connectivity index (χ2n) is 2.29. The number of terminal acetylenes is 1. The molecule has 1 aromatic carbocycles. The highest BCUT2D eigenvalue weighted by atomic mass is 14.2. The van der Waals surface area contributed by atoms with Crippen LogP contribution in [-0.4, -0.2) is 0 Å². The van der Waals surface area contributed by atoms with E-state index in [1.54, 1.807) is 6.07 Å². The van der Waals surface area contributed by atoms with Crippen molar-refractivity contribution >= 4 is 0 Å². The Balaban J connectivity index is 3.29. The highest BCUT2D eigenvalue weighted by molar-refractivity contribution is 5.44. The number of hydrogen-bond donors (Lipinski definition) is 0. The van der Waals surface area contributed by atoms with Crippen molar-refractivity contribution in [3.8, 4) is 18.4 Å². The van der Waals surface area contributed by atoms with E-state index >= 15 is 0 Å². The fourth-order valence-electron chi connectivity index (χ4n) is 0.832. The van der Waals surface area contributed by atoms with E-state index in [0.29, 0.717) is 5.56 Å². The molecule has 0 heterocycles. The van der Waals surface area contributed by atoms with Crippen LogP contribution in [0.25, 0.3) is 0 Å². The third-order valence-electron chi connectivity index (χ3n) is 1.52. The zero-order chi connectivity index (χ0) is 8.27. The van der Waals surface area contributed by atoms with Gasteiger partial charge in [-0.15, -0.1) is 6.42 Å². The maximum atomic E-state index is 8.62. The predicted molar refractivity (Wildman–Crippen MR) is 43.8 cm³/mol. The Morgan fingerprint density at radius 3 is 2.73 bits per heavy atom. The molecule has 0 atom stereocenters. The molecule has 1 rings (SSSR count). The molecule has 0 spiro atoms. The van der Waals surface area contributed by atoms with Gasteiger partial charge in [-0.1, -0.05) is 12.0 Å². The average molecular weight is 141 g/mol. The van der Waals surface area contributed by atoms with Crippen molar-refractivity contribution in [3.05, 3.63) is 34.9 Å². The van der Waals surface area contributed by atoms with E-state index in [0.717, 1.165) is 11.1 Å². The van der Waals surface area contributed by atoms with Crippen LogP contribution in [0.1, 0.15) is 16.7 Å². The maximum Gasteiger partial charge on any atom is 0.0994 e. The minimum Gasteiger partial charge on any atom is -0.192 e. The highest BCUT2D eigenvalue weighted by Crippen LogP contribution is 2.08. The van der Waals surface area contributed by atoms with E-state index in [1.165, 1.54) is 0 Å². The molecule has 11 heavy (non-hydrogen) atoms. The summed E-state index contributed by atoms with van der Waals surface area (Å²) in [5.74, 6) is 2.48. The van der Waals surface area contributed by atoms with Crippen molar-refractivity contribution in [2.24, 2.45) is 0 Å². The molecule has 52 valence electrons. The van der Waals surface area contributed by atoms with Gasteiger partial charge in [0, 0.05) is 5.56 Å². The van der Waals surface area contributed by atoms with Gasteiger partial charge in [-0.05, 0) is 24.6 Å². The molecule has 1 aromatic rings. The molecule has 0 aromatic heterocycles. The number of nitriles is 1. The van der Waals surface area contributed by atoms with Crippen molar-refractivity contribution in [2.45, 2.75) is 6.92 Å². The van der Waals surface area contributed by atoms with Gasteiger partial charge in [0.1, 0.15) is 0 Å². The third-order valence-corrected chi connectivity index (χ3v) is 1.52. The standard InChI is InChI=1S/C10H7N/c1-3-9-5-4-8(2)10(6-9)7-11/h1,4-6H,2H3. The fourth-order valence-corrected chi connectivity index (χ4v) is 0.832. The first kappa shape index (κ1) is 7.38. The van der Waals surface area contributed by atoms with E-state index in [-0.39, 0.29) is 0 Å². The summed E-state index contributed by atoms with van der Waals surface area (Å²) in [6.45, 7) is 1.89. The summed E-state index contributed by atoms with van der Waals surface area (Å²) in [4.78, 5) is 0. The molecule has 0 unspecified atom stereocenters. The molecule has 0 bridgehead atoms. The van der Waals surface area contributed by atoms with Crippen LogP contribution in [0.3, 0.4) is 0 Å². The van der Waals surface area contributed by atoms with Crippen molar-refractivity contribution in [1.82, 2.24) is 0 Å². The molecule has 0 fully saturated rings. The number of benzene rings is 1. The zero-order valence-electron chi connectivity index (χ0n) is 6.26. The number of rotatable bonds is 0. The van der Waals surface area contributed by atoms with Crippen LogP contribution >= 0.6 is 0 Å². The van der Waals surface area contributed by atoms with Gasteiger partial charge in [-0.3, -0.25) is 0 Å². The van der Waals surface area contributed by atoms with Crippen LogP contribution in [0.5, 0.6) is 0 Å². The fraction of sp³-hybridized carbons (Fsp3) is 0.100. The summed E-state index contributed by atoms with van der Waals surface area (Å²) in [7, 11) is 0. The molecular weight excluding hydrogens is 134 g/mol. The van der Waals surface area contributed by atoms with Gasteiger partial charge in [0.25, 0.3) is 0 Å². The summed E-state index contributed by atoms with van der Waals surface area (Å²) >= 11 is 0. The zero-order valence-corrected chi connectivity index (χ0v) is 6.26. The van der Waals surface area contributed by atoms with Gasteiger partial charge < -0.3 is 0 Å². The van der Waals surface area contributed by atoms with Crippen molar-refractivity contribution < 1.29 is 0 Å². The first-order valence-corrected chi connectivity index (χ1v) is 3.25. The molecule has 0 saturated carbocycles. The van der Waals surface area contributed by atoms with Crippen molar-refractivity contribution in [2.75, 3.05) is 0 Å². The quantitative estimate of drug-likeness (QED) is 0.506. The minimum absolute atomic E-state index is 0.653. The van der Waals surface area contributed by atoms with Crippen LogP contribution in [0.2, 0.25) is 0 Å². The summed E-state index contributed by atoms with van der Waals surface area (Å²) in [6.07, 6.45) is 5.16. The van der Waals surface area contributed by atoms with Crippen LogP contribution in [0.15, 0.2) is 18.2 Å². The lowest BCUT2D eigenvalue weighted by molar-refractivity contribution is 1.38. The Hall–Kier alpha value is -1.73. The molecule has 0 N–H and O–H groups in total. The molecular formula is C10H7N. The average Bonchev–Trinajstić information content (AvgIpc) is 2.05. The van der Waals surface area contributed by atoms with Crippen LogP contribution in [-0.2, 0) is 0 Å². The lowest BCUT2D eigenvalue weighted by Gasteiger charge is -1.95. The molecule has 0 aliphatic carbocycles. The highest BCUT2D eigenvalue weighted by Gasteiger charge is 1.95. The molecule has 1 nitrogen and oxygen atoms in total. The third kappa shape index (κ3) is 1.39. The van der Waals surface area contributed by atoms with Gasteiger partial charge in [-0.25, -0.2) is 0 Å². The molecule has 0 amide bonds. The molecule has 0 saturated heterocycles. The van der Waals surface area contributed by atoms with E-state index in [1.807, 2.05) is 19.1 Å². The predicted octanol–water partition coefficient (Wildman–Crippen LogP) is 1.85. The van der Waals surface area contributed by atoms with Gasteiger partial charge in [-0.2, -0.15) is 5.26 Å². The van der Waals surface area contributed by atoms with Crippen LogP contribution in [0, 0.1) is 30.6 Å². The topological polar surface area (TPSA) is 23.8 Å². The van der Waals surface area contributed by atoms with Gasteiger partial charge in [0.05, 0.1) is 11.6 Å². The minimum atomic E-state index is 0.653. The molecule has 0 aliphatic heterocycles. The van der Waals surface area contributed by atoms with Crippen molar-refractivity contribution in [3.63, 3.8) is 0 Å². The van der Waals surface area contributed by atoms with Crippen molar-refractivity contribution in [1.29, 1.82) is 5.26 Å². The first-order chi connectivity index (χ1) is 5.27. The number of nitrogens with zero attached hydrogens (tertiary/aromatic N) is 1. The van der Waals surface area contributed by atoms with Gasteiger partial charge >= 0.3 is 0 Å². The summed E-state index contributed by atoms with van der Waals surface area (Å²) in [5.41, 5.74) is 2.37. The summed E-state index contributed by atoms with van der Waals surface area (Å²) in [6, 6.07) is 7.48. The van der Waals surface area contributed by atoms with Gasteiger partial charge in [0.2, 0.25) is 0 Å². The Bertz CT molecular complexity index is 350. The lowest BCUT2D eigenvalue weighted by atomic mass is 10.1. The molecule has 1 heteroatoms. The molecule has 0 radical (unpaired) electrons. The maximum absolute atomic E-state index is 8.62. The molecule has 0 aliphatic rings. The van der Waals surface area contributed by atoms with Crippen LogP contribution in [0.4, 0.5) is 0 Å². The Labute approximate surface area is 66.3 Å². The normalized spacial score (nSPS) is 8.27. The smallest absolute Gasteiger partial charge is 0.0994 e. The number of aryl methyl sites for hydroxylation is 1. The first-order valence-electron chi connectivity index (χ1n) is 3.25. The summed E-state index contributed by atoms with van der Waals surface area (Å²) < 4.78 is 0. The largest absolute Gasteiger partial charge is 0.192 e. The van der Waals surface area contributed by atoms with E-state index in [9.17, 15) is 0 Å².